The van der Waals surface area contributed by atoms with Gasteiger partial charge < -0.3 is 65.5 Å². The average molecular weight is 984 g/mol. The van der Waals surface area contributed by atoms with E-state index in [1.165, 1.54) is 12.5 Å². The van der Waals surface area contributed by atoms with Gasteiger partial charge in [0.05, 0.1) is 39.6 Å². The van der Waals surface area contributed by atoms with E-state index < -0.39 is 51.5 Å². The van der Waals surface area contributed by atoms with Gasteiger partial charge in [0, 0.05) is 22.4 Å². The van der Waals surface area contributed by atoms with E-state index in [-0.39, 0.29) is 325 Å². The van der Waals surface area contributed by atoms with Crippen molar-refractivity contribution in [3.05, 3.63) is 86.5 Å². The Hall–Kier alpha value is 0.992. The maximum absolute atomic E-state index is 11.7. The van der Waals surface area contributed by atoms with Crippen molar-refractivity contribution in [2.24, 2.45) is 10.2 Å². The van der Waals surface area contributed by atoms with Crippen molar-refractivity contribution in [1.82, 2.24) is 24.7 Å². The number of hydrogen-bond acceptors (Lipinski definition) is 19. The Morgan fingerprint density at radius 3 is 1.68 bits per heavy atom. The van der Waals surface area contributed by atoms with Gasteiger partial charge in [0.2, 0.25) is 11.9 Å². The minimum Gasteiger partial charge on any atom is -0.610 e. The maximum Gasteiger partial charge on any atom is 1.00 e. The van der Waals surface area contributed by atoms with Crippen molar-refractivity contribution in [3.8, 4) is 11.7 Å². The number of carbonyl (C=O) groups excluding carboxylic acids is 5. The van der Waals surface area contributed by atoms with E-state index in [0.717, 1.165) is 47.1 Å². The number of benzene rings is 3. The summed E-state index contributed by atoms with van der Waals surface area (Å²) in [7, 11) is 0. The summed E-state index contributed by atoms with van der Waals surface area (Å²) in [6.45, 7) is 6.45. The van der Waals surface area contributed by atoms with Gasteiger partial charge in [-0.15, -0.1) is 10.2 Å². The number of carboxylic acids is 4. The molecular weight excluding hydrogens is 963 g/mol. The number of ether oxygens (including phenoxy) is 1. The van der Waals surface area contributed by atoms with Crippen molar-refractivity contribution in [1.29, 1.82) is 0 Å². The van der Waals surface area contributed by atoms with E-state index in [9.17, 15) is 44.4 Å². The largest absolute Gasteiger partial charge is 1.00 e. The molecule has 0 spiro atoms. The molecule has 0 atom stereocenters. The second-order valence-electron chi connectivity index (χ2n) is 12.1. The zero-order valence-electron chi connectivity index (χ0n) is 33.2. The average Bonchev–Trinajstić information content (AvgIpc) is 3.43. The number of carboxylic acid groups (broad SMARTS) is 4. The third-order valence-corrected chi connectivity index (χ3v) is 7.77. The van der Waals surface area contributed by atoms with Crippen LogP contribution in [-0.4, -0.2) is 55.1 Å². The summed E-state index contributed by atoms with van der Waals surface area (Å²) in [4.78, 5) is 70.2. The van der Waals surface area contributed by atoms with Gasteiger partial charge in [-0.1, -0.05) is 56.1 Å². The van der Waals surface area contributed by atoms with Crippen molar-refractivity contribution in [2.75, 3.05) is 16.4 Å². The summed E-state index contributed by atoms with van der Waals surface area (Å²) < 4.78 is 5.69. The topological polar surface area (TPSA) is 318 Å². The molecule has 2 aromatic heterocycles. The zero-order valence-corrected chi connectivity index (χ0v) is 50.3. The van der Waals surface area contributed by atoms with Crippen LogP contribution in [0.1, 0.15) is 67.9 Å². The molecular formula is C33H21Cl2K5N10O10. The number of aromatic nitrogens is 5. The van der Waals surface area contributed by atoms with Gasteiger partial charge in [0.1, 0.15) is 5.69 Å². The number of aromatic carboxylic acids is 4. The fourth-order valence-electron chi connectivity index (χ4n) is 4.71. The molecule has 60 heavy (non-hydrogen) atoms. The standard InChI is InChI=1S/C33H25Cl2N10O10.5K/c1-33(2,3)24-23(43-42-22-10-19(29(53)54)20(34)11-21(22)35)25(36)45(44-24)32-40-30(37-16-5-13(26(47)48)4-14(6-16)27(49)50)39-31(41-32)38-17-7-15(28(51)52)8-18(9-17)55-12-46;;;;;/h4-11H,36H2,1-3H3,(H,47,48)(H,49,50)(H,51,52)(H,53,54)(H2,37,38,39,40,41);;;;;/q-1;5*+1/p-4. The molecule has 0 fully saturated rings. The predicted octanol–water partition coefficient (Wildman–Crippen LogP) is -13.9. The van der Waals surface area contributed by atoms with Gasteiger partial charge in [0.25, 0.3) is 5.95 Å². The number of anilines is 5. The molecule has 0 unspecified atom stereocenters. The first-order valence-electron chi connectivity index (χ1n) is 15.1. The van der Waals surface area contributed by atoms with Crippen LogP contribution in [0.2, 0.25) is 10.0 Å². The molecule has 0 amide bonds. The molecule has 0 aliphatic rings. The third kappa shape index (κ3) is 16.1. The van der Waals surface area contributed by atoms with Crippen LogP contribution in [0.15, 0.2) is 58.8 Å². The summed E-state index contributed by atoms with van der Waals surface area (Å²) in [5.74, 6) is -8.20. The van der Waals surface area contributed by atoms with Crippen LogP contribution in [0.25, 0.3) is 5.95 Å². The Morgan fingerprint density at radius 1 is 0.717 bits per heavy atom. The first-order valence-corrected chi connectivity index (χ1v) is 15.9. The Bertz CT molecular complexity index is 2440. The fourth-order valence-corrected chi connectivity index (χ4v) is 5.21. The van der Waals surface area contributed by atoms with Gasteiger partial charge >= 0.3 is 257 Å². The molecule has 0 bridgehead atoms. The summed E-state index contributed by atoms with van der Waals surface area (Å²) >= 11 is 12.2. The summed E-state index contributed by atoms with van der Waals surface area (Å²) in [6.07, 6.45) is 0. The van der Waals surface area contributed by atoms with Gasteiger partial charge in [0.15, 0.2) is 18.0 Å². The van der Waals surface area contributed by atoms with E-state index in [4.69, 9.17) is 28.9 Å². The Balaban J connectivity index is 0.00000696. The van der Waals surface area contributed by atoms with Gasteiger partial charge in [-0.05, 0) is 58.8 Å². The molecule has 4 N–H and O–H groups in total. The predicted molar refractivity (Wildman–Crippen MR) is 184 cm³/mol. The fraction of sp³-hybridized carbons (Fsp3) is 0.121. The first kappa shape index (κ1) is 61.0. The van der Waals surface area contributed by atoms with E-state index in [2.05, 4.69) is 45.6 Å². The number of nitrogen functional groups attached to an aromatic ring is 1. The number of nitrogens with one attached hydrogen (secondary N) is 2. The number of azo groups is 1. The van der Waals surface area contributed by atoms with E-state index in [1.807, 2.05) is 0 Å². The number of nitrogens with two attached hydrogens (primary N) is 1. The second kappa shape index (κ2) is 27.0. The molecule has 0 saturated carbocycles. The second-order valence-corrected chi connectivity index (χ2v) is 13.0. The molecule has 2 heterocycles. The summed E-state index contributed by atoms with van der Waals surface area (Å²) in [5.41, 5.74) is 3.69. The number of rotatable bonds is 13. The van der Waals surface area contributed by atoms with Crippen LogP contribution in [0, 0.1) is 0 Å². The van der Waals surface area contributed by atoms with Crippen molar-refractivity contribution < 1.29 is 306 Å². The number of carbonyl (C=O) groups is 4. The minimum atomic E-state index is -1.71. The molecule has 0 aliphatic carbocycles. The van der Waals surface area contributed by atoms with E-state index in [0.29, 0.717) is 0 Å². The molecule has 0 radical (unpaired) electrons. The maximum atomic E-state index is 11.7. The van der Waals surface area contributed by atoms with Gasteiger partial charge in [-0.3, -0.25) is 0 Å². The van der Waals surface area contributed by atoms with E-state index >= 15 is 0 Å². The monoisotopic (exact) mass is 982 g/mol. The van der Waals surface area contributed by atoms with Crippen LogP contribution in [0.5, 0.6) is 5.75 Å². The molecule has 282 valence electrons. The molecule has 3 aromatic carbocycles. The van der Waals surface area contributed by atoms with Crippen molar-refractivity contribution in [2.45, 2.75) is 26.2 Å². The Kier molecular flexibility index (Phi) is 27.4. The molecule has 20 nitrogen and oxygen atoms in total. The minimum absolute atomic E-state index is 0. The molecule has 5 aromatic rings. The molecule has 0 aliphatic heterocycles. The van der Waals surface area contributed by atoms with Crippen LogP contribution >= 0.6 is 23.2 Å². The molecule has 5 rings (SSSR count). The third-order valence-electron chi connectivity index (χ3n) is 7.15. The van der Waals surface area contributed by atoms with Crippen molar-refractivity contribution >= 4 is 94.0 Å². The SMILES string of the molecule is CC(C)(C)c1nn(-c2nc(Nc3cc(O[C-]=O)cc(C(=O)[O-])c3)nc(Nc3cc(C(=O)[O-])cc(C(=O)[O-])c3)n2)c(N)c1N=Nc1cc(C(=O)[O-])c(Cl)cc1Cl.[K+].[K+].[K+].[K+].[K+]. The Labute approximate surface area is 562 Å². The van der Waals surface area contributed by atoms with Gasteiger partial charge in [-0.25, -0.2) is 0 Å². The molecule has 27 heteroatoms. The van der Waals surface area contributed by atoms with Crippen molar-refractivity contribution in [3.63, 3.8) is 0 Å². The van der Waals surface area contributed by atoms with Crippen LogP contribution in [-0.2, 0) is 10.2 Å². The quantitative estimate of drug-likeness (QED) is 0.0560. The summed E-state index contributed by atoms with van der Waals surface area (Å²) in [6, 6.07) is 8.31. The summed E-state index contributed by atoms with van der Waals surface area (Å²) in [5, 5.41) is 64.4. The smallest absolute Gasteiger partial charge is 0.610 e. The first-order chi connectivity index (χ1) is 25.8. The van der Waals surface area contributed by atoms with Crippen LogP contribution < -0.4 is 298 Å². The van der Waals surface area contributed by atoms with Crippen LogP contribution in [0.3, 0.4) is 0 Å². The van der Waals surface area contributed by atoms with E-state index in [1.54, 1.807) is 20.8 Å². The van der Waals surface area contributed by atoms with Gasteiger partial charge in [-0.2, -0.15) is 24.7 Å². The number of halogens is 2. The normalized spacial score (nSPS) is 10.3. The number of hydrogen-bond donors (Lipinski definition) is 3. The number of nitrogens with zero attached hydrogens (tertiary/aromatic N) is 7. The zero-order chi connectivity index (χ0) is 40.4. The van der Waals surface area contributed by atoms with Crippen LogP contribution in [0.4, 0.5) is 40.5 Å². The Morgan fingerprint density at radius 2 is 1.22 bits per heavy atom. The molecule has 0 saturated heterocycles.